The van der Waals surface area contributed by atoms with Crippen LogP contribution in [0.25, 0.3) is 0 Å². The number of carbonyl (C=O) groups excluding carboxylic acids is 2. The number of hydrogen-bond donors (Lipinski definition) is 2. The summed E-state index contributed by atoms with van der Waals surface area (Å²) in [5, 5.41) is 6.26. The first kappa shape index (κ1) is 20.5. The van der Waals surface area contributed by atoms with Crippen LogP contribution in [0.4, 0.5) is 0 Å². The van der Waals surface area contributed by atoms with E-state index in [-0.39, 0.29) is 24.5 Å². The molecule has 2 unspecified atom stereocenters. The van der Waals surface area contributed by atoms with Crippen LogP contribution >= 0.6 is 0 Å². The Morgan fingerprint density at radius 3 is 2.68 bits per heavy atom. The van der Waals surface area contributed by atoms with Gasteiger partial charge in [0.05, 0.1) is 12.6 Å². The highest BCUT2D eigenvalue weighted by atomic mass is 16.5. The minimum atomic E-state index is -0.0554. The highest BCUT2D eigenvalue weighted by Crippen LogP contribution is 2.26. The third kappa shape index (κ3) is 5.61. The maximum Gasteiger partial charge on any atom is 0.260 e. The number of nitrogens with zero attached hydrogens (tertiary/aromatic N) is 1. The second-order valence-electron chi connectivity index (χ2n) is 7.41. The summed E-state index contributed by atoms with van der Waals surface area (Å²) in [4.78, 5) is 26.6. The molecule has 2 atom stereocenters. The number of likely N-dealkylation sites (tertiary alicyclic amines) is 1. The van der Waals surface area contributed by atoms with Gasteiger partial charge in [0, 0.05) is 19.6 Å². The van der Waals surface area contributed by atoms with E-state index in [9.17, 15) is 9.59 Å². The van der Waals surface area contributed by atoms with E-state index < -0.39 is 0 Å². The van der Waals surface area contributed by atoms with Crippen molar-refractivity contribution in [2.45, 2.75) is 38.6 Å². The van der Waals surface area contributed by atoms with Crippen molar-refractivity contribution in [3.8, 4) is 11.5 Å². The van der Waals surface area contributed by atoms with E-state index in [2.05, 4.69) is 10.6 Å². The first-order valence-corrected chi connectivity index (χ1v) is 10.3. The Balaban J connectivity index is 1.44. The molecule has 0 spiro atoms. The number of para-hydroxylation sites is 2. The lowest BCUT2D eigenvalue weighted by Crippen LogP contribution is -2.47. The number of amides is 2. The van der Waals surface area contributed by atoms with E-state index in [1.165, 1.54) is 0 Å². The summed E-state index contributed by atoms with van der Waals surface area (Å²) in [7, 11) is 0. The van der Waals surface area contributed by atoms with Crippen molar-refractivity contribution < 1.29 is 19.1 Å². The van der Waals surface area contributed by atoms with Crippen LogP contribution in [0.5, 0.6) is 11.5 Å². The quantitative estimate of drug-likeness (QED) is 0.706. The molecule has 0 radical (unpaired) electrons. The summed E-state index contributed by atoms with van der Waals surface area (Å²) in [5.74, 6) is 1.58. The molecular formula is C21H31N3O4. The van der Waals surface area contributed by atoms with E-state index in [4.69, 9.17) is 9.47 Å². The van der Waals surface area contributed by atoms with Gasteiger partial charge in [0.1, 0.15) is 0 Å². The van der Waals surface area contributed by atoms with Gasteiger partial charge >= 0.3 is 0 Å². The first-order valence-electron chi connectivity index (χ1n) is 10.3. The summed E-state index contributed by atoms with van der Waals surface area (Å²) in [5.41, 5.74) is 0. The maximum atomic E-state index is 12.6. The van der Waals surface area contributed by atoms with Crippen molar-refractivity contribution in [1.29, 1.82) is 0 Å². The topological polar surface area (TPSA) is 79.9 Å². The molecule has 0 bridgehead atoms. The number of rotatable bonds is 8. The van der Waals surface area contributed by atoms with Gasteiger partial charge in [-0.1, -0.05) is 12.1 Å². The molecule has 2 amide bonds. The monoisotopic (exact) mass is 389 g/mol. The second kappa shape index (κ2) is 10.3. The SMILES string of the molecule is CCOc1ccccc1OCC(=O)N1CCCC(CNC(=O)C2CCCN2)C1. The molecule has 2 N–H and O–H groups in total. The zero-order valence-corrected chi connectivity index (χ0v) is 16.6. The van der Waals surface area contributed by atoms with Crippen LogP contribution in [-0.2, 0) is 9.59 Å². The van der Waals surface area contributed by atoms with Crippen LogP contribution in [0.1, 0.15) is 32.6 Å². The molecular weight excluding hydrogens is 358 g/mol. The Labute approximate surface area is 166 Å². The molecule has 1 aromatic rings. The molecule has 7 heteroatoms. The molecule has 154 valence electrons. The molecule has 2 heterocycles. The lowest BCUT2D eigenvalue weighted by Gasteiger charge is -2.33. The molecule has 3 rings (SSSR count). The molecule has 7 nitrogen and oxygen atoms in total. The van der Waals surface area contributed by atoms with Crippen molar-refractivity contribution in [1.82, 2.24) is 15.5 Å². The van der Waals surface area contributed by atoms with Crippen LogP contribution in [0, 0.1) is 5.92 Å². The summed E-state index contributed by atoms with van der Waals surface area (Å²) < 4.78 is 11.2. The third-order valence-corrected chi connectivity index (χ3v) is 5.31. The predicted molar refractivity (Wildman–Crippen MR) is 106 cm³/mol. The summed E-state index contributed by atoms with van der Waals surface area (Å²) >= 11 is 0. The summed E-state index contributed by atoms with van der Waals surface area (Å²) in [6, 6.07) is 7.33. The molecule has 2 aliphatic heterocycles. The standard InChI is InChI=1S/C21H31N3O4/c1-2-27-18-9-3-4-10-19(18)28-15-20(25)24-12-6-7-16(14-24)13-23-21(26)17-8-5-11-22-17/h3-4,9-10,16-17,22H,2,5-8,11-15H2,1H3,(H,23,26). The lowest BCUT2D eigenvalue weighted by atomic mass is 9.97. The van der Waals surface area contributed by atoms with Crippen LogP contribution in [0.2, 0.25) is 0 Å². The van der Waals surface area contributed by atoms with E-state index in [0.29, 0.717) is 37.1 Å². The molecule has 2 aliphatic rings. The first-order chi connectivity index (χ1) is 13.7. The minimum Gasteiger partial charge on any atom is -0.490 e. The van der Waals surface area contributed by atoms with Crippen LogP contribution in [-0.4, -0.2) is 62.1 Å². The van der Waals surface area contributed by atoms with Crippen molar-refractivity contribution in [2.24, 2.45) is 5.92 Å². The zero-order chi connectivity index (χ0) is 19.8. The highest BCUT2D eigenvalue weighted by Gasteiger charge is 2.26. The Morgan fingerprint density at radius 1 is 1.18 bits per heavy atom. The Morgan fingerprint density at radius 2 is 1.96 bits per heavy atom. The van der Waals surface area contributed by atoms with Gasteiger partial charge in [0.2, 0.25) is 5.91 Å². The van der Waals surface area contributed by atoms with Gasteiger partial charge in [0.25, 0.3) is 5.91 Å². The van der Waals surface area contributed by atoms with E-state index in [1.807, 2.05) is 36.1 Å². The van der Waals surface area contributed by atoms with Crippen LogP contribution in [0.15, 0.2) is 24.3 Å². The third-order valence-electron chi connectivity index (χ3n) is 5.31. The number of ether oxygens (including phenoxy) is 2. The van der Waals surface area contributed by atoms with Gasteiger partial charge in [-0.05, 0) is 57.2 Å². The number of piperidine rings is 1. The number of nitrogens with one attached hydrogen (secondary N) is 2. The van der Waals surface area contributed by atoms with Crippen molar-refractivity contribution >= 4 is 11.8 Å². The smallest absolute Gasteiger partial charge is 0.260 e. The average Bonchev–Trinajstić information content (AvgIpc) is 3.26. The van der Waals surface area contributed by atoms with Gasteiger partial charge in [-0.2, -0.15) is 0 Å². The fraction of sp³-hybridized carbons (Fsp3) is 0.619. The second-order valence-corrected chi connectivity index (χ2v) is 7.41. The van der Waals surface area contributed by atoms with Gasteiger partial charge in [-0.15, -0.1) is 0 Å². The zero-order valence-electron chi connectivity index (χ0n) is 16.6. The summed E-state index contributed by atoms with van der Waals surface area (Å²) in [6.45, 7) is 5.39. The van der Waals surface area contributed by atoms with Crippen LogP contribution in [0.3, 0.4) is 0 Å². The maximum absolute atomic E-state index is 12.6. The minimum absolute atomic E-state index is 0.00480. The van der Waals surface area contributed by atoms with Gasteiger partial charge in [0.15, 0.2) is 18.1 Å². The van der Waals surface area contributed by atoms with Gasteiger partial charge < -0.3 is 25.0 Å². The van der Waals surface area contributed by atoms with Crippen molar-refractivity contribution in [2.75, 3.05) is 39.4 Å². The largest absolute Gasteiger partial charge is 0.490 e. The van der Waals surface area contributed by atoms with E-state index in [0.717, 1.165) is 38.8 Å². The normalized spacial score (nSPS) is 22.0. The highest BCUT2D eigenvalue weighted by molar-refractivity contribution is 5.82. The van der Waals surface area contributed by atoms with Crippen molar-refractivity contribution in [3.63, 3.8) is 0 Å². The van der Waals surface area contributed by atoms with Crippen molar-refractivity contribution in [3.05, 3.63) is 24.3 Å². The lowest BCUT2D eigenvalue weighted by molar-refractivity contribution is -0.135. The fourth-order valence-electron chi connectivity index (χ4n) is 3.81. The van der Waals surface area contributed by atoms with E-state index in [1.54, 1.807) is 0 Å². The van der Waals surface area contributed by atoms with E-state index >= 15 is 0 Å². The predicted octanol–water partition coefficient (Wildman–Crippen LogP) is 1.57. The van der Waals surface area contributed by atoms with Gasteiger partial charge in [-0.3, -0.25) is 9.59 Å². The number of carbonyl (C=O) groups is 2. The average molecular weight is 389 g/mol. The van der Waals surface area contributed by atoms with Gasteiger partial charge in [-0.25, -0.2) is 0 Å². The molecule has 28 heavy (non-hydrogen) atoms. The number of benzene rings is 1. The Kier molecular flexibility index (Phi) is 7.54. The Hall–Kier alpha value is -2.28. The van der Waals surface area contributed by atoms with Crippen LogP contribution < -0.4 is 20.1 Å². The Bertz CT molecular complexity index is 661. The molecule has 0 aliphatic carbocycles. The molecule has 2 saturated heterocycles. The molecule has 1 aromatic carbocycles. The molecule has 0 aromatic heterocycles. The summed E-state index contributed by atoms with van der Waals surface area (Å²) in [6.07, 6.45) is 3.93. The number of hydrogen-bond acceptors (Lipinski definition) is 5. The molecule has 2 fully saturated rings. The molecule has 0 saturated carbocycles. The fourth-order valence-corrected chi connectivity index (χ4v) is 3.81.